The molecule has 16 heavy (non-hydrogen) atoms. The summed E-state index contributed by atoms with van der Waals surface area (Å²) in [5.41, 5.74) is 1.68. The number of rotatable bonds is 4. The first-order chi connectivity index (χ1) is 7.54. The van der Waals surface area contributed by atoms with E-state index < -0.39 is 5.54 Å². The first-order valence-electron chi connectivity index (χ1n) is 5.71. The first kappa shape index (κ1) is 11.2. The molecule has 1 atom stereocenters. The van der Waals surface area contributed by atoms with Crippen molar-refractivity contribution >= 4 is 0 Å². The van der Waals surface area contributed by atoms with Gasteiger partial charge in [0.1, 0.15) is 5.54 Å². The third kappa shape index (κ3) is 2.25. The van der Waals surface area contributed by atoms with Crippen molar-refractivity contribution in [3.63, 3.8) is 0 Å². The Morgan fingerprint density at radius 3 is 2.75 bits per heavy atom. The molecule has 86 valence electrons. The van der Waals surface area contributed by atoms with E-state index in [0.29, 0.717) is 12.6 Å². The van der Waals surface area contributed by atoms with Crippen molar-refractivity contribution in [3.05, 3.63) is 17.7 Å². The maximum Gasteiger partial charge on any atom is 0.122 e. The normalized spacial score (nSPS) is 19.1. The second-order valence-electron chi connectivity index (χ2n) is 4.91. The number of nitrogens with zero attached hydrogens (tertiary/aromatic N) is 3. The van der Waals surface area contributed by atoms with Gasteiger partial charge in [0.15, 0.2) is 0 Å². The average Bonchev–Trinajstić information content (AvgIpc) is 3.01. The lowest BCUT2D eigenvalue weighted by atomic mass is 10.0. The lowest BCUT2D eigenvalue weighted by Crippen LogP contribution is -2.46. The summed E-state index contributed by atoms with van der Waals surface area (Å²) in [6, 6.07) is 2.91. The molecule has 1 unspecified atom stereocenters. The van der Waals surface area contributed by atoms with Crippen LogP contribution >= 0.6 is 0 Å². The van der Waals surface area contributed by atoms with E-state index >= 15 is 0 Å². The molecule has 1 aliphatic carbocycles. The van der Waals surface area contributed by atoms with Crippen molar-refractivity contribution in [2.24, 2.45) is 0 Å². The van der Waals surface area contributed by atoms with Crippen LogP contribution in [0.5, 0.6) is 0 Å². The zero-order valence-corrected chi connectivity index (χ0v) is 10.1. The van der Waals surface area contributed by atoms with E-state index in [9.17, 15) is 5.26 Å². The van der Waals surface area contributed by atoms with Crippen LogP contribution in [0.3, 0.4) is 0 Å². The van der Waals surface area contributed by atoms with Crippen molar-refractivity contribution < 1.29 is 0 Å². The van der Waals surface area contributed by atoms with Gasteiger partial charge in [-0.05, 0) is 33.6 Å². The number of hydrogen-bond donors (Lipinski definition) is 1. The number of hydrogen-bond acceptors (Lipinski definition) is 3. The average molecular weight is 218 g/mol. The molecular weight excluding hydrogens is 200 g/mol. The fourth-order valence-electron chi connectivity index (χ4n) is 1.84. The van der Waals surface area contributed by atoms with E-state index in [2.05, 4.69) is 16.4 Å². The Labute approximate surface area is 96.3 Å². The number of aromatic nitrogens is 2. The maximum absolute atomic E-state index is 9.27. The first-order valence-corrected chi connectivity index (χ1v) is 5.71. The third-order valence-electron chi connectivity index (χ3n) is 3.18. The van der Waals surface area contributed by atoms with Crippen molar-refractivity contribution in [3.8, 4) is 6.07 Å². The fourth-order valence-corrected chi connectivity index (χ4v) is 1.84. The molecular formula is C12H18N4. The number of nitrogens with one attached hydrogen (secondary N) is 1. The van der Waals surface area contributed by atoms with Gasteiger partial charge in [0.2, 0.25) is 0 Å². The zero-order chi connectivity index (χ0) is 11.8. The summed E-state index contributed by atoms with van der Waals surface area (Å²) in [5, 5.41) is 12.7. The second-order valence-corrected chi connectivity index (χ2v) is 4.91. The van der Waals surface area contributed by atoms with Crippen molar-refractivity contribution in [2.45, 2.75) is 51.7 Å². The standard InChI is InChI=1S/C12H18N4/c1-9-10(2)16(8-14-9)7-12(3,6-13)15-11-4-5-11/h8,11,15H,4-5,7H2,1-3H3. The van der Waals surface area contributed by atoms with Crippen LogP contribution in [0.2, 0.25) is 0 Å². The Kier molecular flexibility index (Phi) is 2.73. The molecule has 1 heterocycles. The van der Waals surface area contributed by atoms with E-state index in [1.807, 2.05) is 31.7 Å². The van der Waals surface area contributed by atoms with E-state index in [1.54, 1.807) is 0 Å². The Balaban J connectivity index is 2.11. The van der Waals surface area contributed by atoms with E-state index in [-0.39, 0.29) is 0 Å². The maximum atomic E-state index is 9.27. The van der Waals surface area contributed by atoms with Crippen LogP contribution in [0, 0.1) is 25.2 Å². The lowest BCUT2D eigenvalue weighted by Gasteiger charge is -2.24. The molecule has 1 aromatic rings. The summed E-state index contributed by atoms with van der Waals surface area (Å²) in [7, 11) is 0. The van der Waals surface area contributed by atoms with Gasteiger partial charge < -0.3 is 4.57 Å². The van der Waals surface area contributed by atoms with Gasteiger partial charge >= 0.3 is 0 Å². The van der Waals surface area contributed by atoms with E-state index in [4.69, 9.17) is 0 Å². The summed E-state index contributed by atoms with van der Waals surface area (Å²) in [6.07, 6.45) is 4.20. The van der Waals surface area contributed by atoms with E-state index in [0.717, 1.165) is 11.4 Å². The van der Waals surface area contributed by atoms with Crippen LogP contribution in [0.1, 0.15) is 31.2 Å². The van der Waals surface area contributed by atoms with Crippen LogP contribution in [0.4, 0.5) is 0 Å². The Bertz CT molecular complexity index is 425. The Morgan fingerprint density at radius 2 is 2.31 bits per heavy atom. The van der Waals surface area contributed by atoms with Crippen molar-refractivity contribution in [1.29, 1.82) is 5.26 Å². The van der Waals surface area contributed by atoms with Gasteiger partial charge in [-0.25, -0.2) is 4.98 Å². The molecule has 0 saturated heterocycles. The molecule has 0 bridgehead atoms. The minimum absolute atomic E-state index is 0.487. The molecule has 1 fully saturated rings. The monoisotopic (exact) mass is 218 g/mol. The van der Waals surface area contributed by atoms with Crippen LogP contribution < -0.4 is 5.32 Å². The number of aryl methyl sites for hydroxylation is 1. The van der Waals surface area contributed by atoms with Crippen molar-refractivity contribution in [2.75, 3.05) is 0 Å². The van der Waals surface area contributed by atoms with Gasteiger partial charge in [-0.2, -0.15) is 5.26 Å². The lowest BCUT2D eigenvalue weighted by molar-refractivity contribution is 0.381. The molecule has 1 saturated carbocycles. The highest BCUT2D eigenvalue weighted by Crippen LogP contribution is 2.23. The van der Waals surface area contributed by atoms with Gasteiger partial charge in [0.05, 0.1) is 24.6 Å². The highest BCUT2D eigenvalue weighted by atomic mass is 15.1. The topological polar surface area (TPSA) is 53.6 Å². The highest BCUT2D eigenvalue weighted by Gasteiger charge is 2.33. The smallest absolute Gasteiger partial charge is 0.122 e. The Morgan fingerprint density at radius 1 is 1.62 bits per heavy atom. The molecule has 0 amide bonds. The van der Waals surface area contributed by atoms with Gasteiger partial charge in [-0.15, -0.1) is 0 Å². The molecule has 1 N–H and O–H groups in total. The Hall–Kier alpha value is -1.34. The molecule has 0 spiro atoms. The quantitative estimate of drug-likeness (QED) is 0.834. The number of nitriles is 1. The minimum atomic E-state index is -0.487. The SMILES string of the molecule is Cc1ncn(CC(C)(C#N)NC2CC2)c1C. The summed E-state index contributed by atoms with van der Waals surface area (Å²) in [5.74, 6) is 0. The largest absolute Gasteiger partial charge is 0.332 e. The third-order valence-corrected chi connectivity index (χ3v) is 3.18. The van der Waals surface area contributed by atoms with Crippen molar-refractivity contribution in [1.82, 2.24) is 14.9 Å². The molecule has 0 radical (unpaired) electrons. The summed E-state index contributed by atoms with van der Waals surface area (Å²) >= 11 is 0. The summed E-state index contributed by atoms with van der Waals surface area (Å²) < 4.78 is 2.05. The van der Waals surface area contributed by atoms with E-state index in [1.165, 1.54) is 12.8 Å². The minimum Gasteiger partial charge on any atom is -0.332 e. The van der Waals surface area contributed by atoms with Gasteiger partial charge in [-0.1, -0.05) is 0 Å². The van der Waals surface area contributed by atoms with Crippen LogP contribution in [-0.4, -0.2) is 21.1 Å². The molecule has 4 nitrogen and oxygen atoms in total. The molecule has 0 aliphatic heterocycles. The second kappa shape index (κ2) is 3.91. The predicted molar refractivity (Wildman–Crippen MR) is 61.9 cm³/mol. The molecule has 1 aromatic heterocycles. The van der Waals surface area contributed by atoms with Crippen LogP contribution in [0.15, 0.2) is 6.33 Å². The molecule has 2 rings (SSSR count). The van der Waals surface area contributed by atoms with Gasteiger partial charge in [-0.3, -0.25) is 5.32 Å². The molecule has 0 aromatic carbocycles. The van der Waals surface area contributed by atoms with Gasteiger partial charge in [0.25, 0.3) is 0 Å². The molecule has 1 aliphatic rings. The summed E-state index contributed by atoms with van der Waals surface area (Å²) in [6.45, 7) is 6.65. The van der Waals surface area contributed by atoms with Crippen LogP contribution in [0.25, 0.3) is 0 Å². The highest BCUT2D eigenvalue weighted by molar-refractivity contribution is 5.13. The zero-order valence-electron chi connectivity index (χ0n) is 10.1. The predicted octanol–water partition coefficient (Wildman–Crippen LogP) is 1.53. The number of imidazole rings is 1. The van der Waals surface area contributed by atoms with Crippen LogP contribution in [-0.2, 0) is 6.54 Å². The fraction of sp³-hybridized carbons (Fsp3) is 0.667. The summed E-state index contributed by atoms with van der Waals surface area (Å²) in [4.78, 5) is 4.26. The molecule has 4 heteroatoms. The van der Waals surface area contributed by atoms with Gasteiger partial charge in [0, 0.05) is 11.7 Å².